The molecule has 1 fully saturated rings. The largest absolute Gasteiger partial charge is 1.00 e. The van der Waals surface area contributed by atoms with E-state index in [4.69, 9.17) is 12.2 Å². The molecular weight excluding hydrogens is 351 g/mol. The van der Waals surface area contributed by atoms with E-state index in [-0.39, 0.29) is 47.2 Å². The van der Waals surface area contributed by atoms with Crippen LogP contribution in [0.1, 0.15) is 24.5 Å². The molecule has 2 heterocycles. The van der Waals surface area contributed by atoms with Crippen molar-refractivity contribution in [1.29, 1.82) is 0 Å². The predicted molar refractivity (Wildman–Crippen MR) is 89.6 cm³/mol. The van der Waals surface area contributed by atoms with Crippen molar-refractivity contribution in [1.82, 2.24) is 10.2 Å². The summed E-state index contributed by atoms with van der Waals surface area (Å²) in [6.45, 7) is 1.55. The van der Waals surface area contributed by atoms with Crippen LogP contribution in [0.5, 0.6) is 0 Å². The molecule has 1 amide bonds. The number of hydrogen-bond acceptors (Lipinski definition) is 5. The van der Waals surface area contributed by atoms with Crippen molar-refractivity contribution >= 4 is 34.7 Å². The number of carboxylic acid groups (broad SMARTS) is 1. The molecule has 3 unspecified atom stereocenters. The monoisotopic (exact) mass is 368 g/mol. The van der Waals surface area contributed by atoms with Crippen LogP contribution in [0.4, 0.5) is 0 Å². The molecule has 2 N–H and O–H groups in total. The van der Waals surface area contributed by atoms with Gasteiger partial charge >= 0.3 is 29.6 Å². The second-order valence-electron chi connectivity index (χ2n) is 6.02. The van der Waals surface area contributed by atoms with Crippen LogP contribution in [0.25, 0.3) is 5.57 Å². The zero-order valence-corrected chi connectivity index (χ0v) is 17.1. The molecule has 1 aromatic rings. The van der Waals surface area contributed by atoms with Gasteiger partial charge in [-0.15, -0.1) is 0 Å². The number of β-lactam (4-membered cyclic amide) rings is 1. The molecule has 6 nitrogen and oxygen atoms in total. The summed E-state index contributed by atoms with van der Waals surface area (Å²) in [4.78, 5) is 25.6. The summed E-state index contributed by atoms with van der Waals surface area (Å²) in [5, 5.41) is 24.2. The molecular formula is C17H17N2NaO4S. The van der Waals surface area contributed by atoms with Crippen LogP contribution in [0.3, 0.4) is 0 Å². The van der Waals surface area contributed by atoms with Crippen molar-refractivity contribution in [2.24, 2.45) is 5.92 Å². The van der Waals surface area contributed by atoms with Gasteiger partial charge in [0.25, 0.3) is 0 Å². The number of carbonyl (C=O) groups is 2. The van der Waals surface area contributed by atoms with Crippen LogP contribution in [0.15, 0.2) is 30.0 Å². The summed E-state index contributed by atoms with van der Waals surface area (Å²) in [6, 6.07) is 6.85. The molecule has 2 aliphatic heterocycles. The molecule has 0 bridgehead atoms. The van der Waals surface area contributed by atoms with Crippen LogP contribution in [0, 0.1) is 5.92 Å². The van der Waals surface area contributed by atoms with E-state index in [2.05, 4.69) is 5.32 Å². The van der Waals surface area contributed by atoms with Crippen LogP contribution in [0.2, 0.25) is 0 Å². The number of thiocarbonyl (C=S) groups is 1. The van der Waals surface area contributed by atoms with Crippen LogP contribution >= 0.6 is 12.2 Å². The maximum atomic E-state index is 12.2. The first-order valence-corrected chi connectivity index (χ1v) is 8.05. The molecule has 0 spiro atoms. The van der Waals surface area contributed by atoms with Crippen LogP contribution in [-0.4, -0.2) is 46.1 Å². The second-order valence-corrected chi connectivity index (χ2v) is 6.43. The van der Waals surface area contributed by atoms with Crippen molar-refractivity contribution in [3.8, 4) is 0 Å². The topological polar surface area (TPSA) is 92.7 Å². The Kier molecular flexibility index (Phi) is 6.06. The van der Waals surface area contributed by atoms with Gasteiger partial charge in [-0.05, 0) is 24.5 Å². The number of rotatable bonds is 4. The van der Waals surface area contributed by atoms with E-state index in [1.165, 1.54) is 4.90 Å². The molecule has 0 saturated carbocycles. The summed E-state index contributed by atoms with van der Waals surface area (Å²) in [5.74, 6) is -2.30. The van der Waals surface area contributed by atoms with Gasteiger partial charge in [0, 0.05) is 12.6 Å². The SMILES string of the molecule is CNC(=S)c1ccc(C2=C(C(=O)[O-])N3C(=O)C(C(C)O)C3C2)cc1.[Na+]. The van der Waals surface area contributed by atoms with E-state index < -0.39 is 18.0 Å². The number of aliphatic hydroxyl groups is 1. The van der Waals surface area contributed by atoms with Gasteiger partial charge in [-0.3, -0.25) is 4.79 Å². The first-order valence-electron chi connectivity index (χ1n) is 7.65. The predicted octanol–water partition coefficient (Wildman–Crippen LogP) is -3.34. The molecule has 1 saturated heterocycles. The van der Waals surface area contributed by atoms with Crippen molar-refractivity contribution < 1.29 is 49.4 Å². The Hall–Kier alpha value is -1.25. The number of hydrogen-bond donors (Lipinski definition) is 2. The standard InChI is InChI=1S/C17H18N2O4S.Na/c1-8(20)13-12-7-11(14(17(22)23)19(12)16(13)21)9-3-5-10(6-4-9)15(24)18-2;/h3-6,8,12-13,20H,7H2,1-2H3,(H,18,24)(H,22,23);/q;+1/p-1. The van der Waals surface area contributed by atoms with E-state index in [9.17, 15) is 19.8 Å². The molecule has 25 heavy (non-hydrogen) atoms. The van der Waals surface area contributed by atoms with Gasteiger partial charge in [0.1, 0.15) is 4.99 Å². The van der Waals surface area contributed by atoms with Crippen LogP contribution in [-0.2, 0) is 9.59 Å². The second kappa shape index (κ2) is 7.55. The number of carboxylic acids is 1. The van der Waals surface area contributed by atoms with Crippen molar-refractivity contribution in [3.05, 3.63) is 41.1 Å². The van der Waals surface area contributed by atoms with Gasteiger partial charge in [-0.1, -0.05) is 36.5 Å². The Balaban J connectivity index is 0.00000225. The van der Waals surface area contributed by atoms with E-state index in [1.54, 1.807) is 38.2 Å². The number of carbonyl (C=O) groups excluding carboxylic acids is 2. The third-order valence-electron chi connectivity index (χ3n) is 4.64. The zero-order chi connectivity index (χ0) is 17.6. The number of benzene rings is 1. The molecule has 126 valence electrons. The van der Waals surface area contributed by atoms with E-state index >= 15 is 0 Å². The molecule has 3 rings (SSSR count). The average molecular weight is 368 g/mol. The molecule has 0 aromatic heterocycles. The van der Waals surface area contributed by atoms with Gasteiger partial charge in [0.15, 0.2) is 0 Å². The molecule has 0 aliphatic carbocycles. The molecule has 0 radical (unpaired) electrons. The Morgan fingerprint density at radius 1 is 1.40 bits per heavy atom. The molecule has 3 atom stereocenters. The minimum atomic E-state index is -1.38. The Labute approximate surface area is 173 Å². The van der Waals surface area contributed by atoms with Gasteiger partial charge in [-0.25, -0.2) is 0 Å². The Morgan fingerprint density at radius 2 is 2.00 bits per heavy atom. The van der Waals surface area contributed by atoms with Gasteiger partial charge in [0.05, 0.1) is 29.7 Å². The normalized spacial score (nSPS) is 22.7. The minimum absolute atomic E-state index is 0. The third kappa shape index (κ3) is 3.27. The fourth-order valence-corrected chi connectivity index (χ4v) is 3.62. The Bertz CT molecular complexity index is 760. The molecule has 8 heteroatoms. The molecule has 2 aliphatic rings. The maximum Gasteiger partial charge on any atom is 1.00 e. The number of aliphatic hydroxyl groups excluding tert-OH is 1. The number of aliphatic carboxylic acids is 1. The quantitative estimate of drug-likeness (QED) is 0.328. The van der Waals surface area contributed by atoms with Gasteiger partial charge in [-0.2, -0.15) is 0 Å². The molecule has 1 aromatic carbocycles. The average Bonchev–Trinajstić information content (AvgIpc) is 2.89. The first-order chi connectivity index (χ1) is 11.4. The first kappa shape index (κ1) is 20.1. The van der Waals surface area contributed by atoms with Crippen molar-refractivity contribution in [3.63, 3.8) is 0 Å². The fourth-order valence-electron chi connectivity index (χ4n) is 3.48. The van der Waals surface area contributed by atoms with Gasteiger partial charge in [0.2, 0.25) is 5.91 Å². The third-order valence-corrected chi connectivity index (χ3v) is 5.08. The number of fused-ring (bicyclic) bond motifs is 1. The van der Waals surface area contributed by atoms with Gasteiger partial charge < -0.3 is 25.2 Å². The summed E-state index contributed by atoms with van der Waals surface area (Å²) in [6.07, 6.45) is -0.419. The Morgan fingerprint density at radius 3 is 2.48 bits per heavy atom. The maximum absolute atomic E-state index is 12.2. The minimum Gasteiger partial charge on any atom is -0.543 e. The number of nitrogens with zero attached hydrogens (tertiary/aromatic N) is 1. The summed E-state index contributed by atoms with van der Waals surface area (Å²) in [5.41, 5.74) is 2.00. The number of amides is 1. The van der Waals surface area contributed by atoms with E-state index in [0.29, 0.717) is 22.5 Å². The summed E-state index contributed by atoms with van der Waals surface area (Å²) >= 11 is 5.16. The van der Waals surface area contributed by atoms with Crippen LogP contribution < -0.4 is 40.0 Å². The summed E-state index contributed by atoms with van der Waals surface area (Å²) < 4.78 is 0. The smallest absolute Gasteiger partial charge is 0.543 e. The van der Waals surface area contributed by atoms with Crippen molar-refractivity contribution in [2.75, 3.05) is 7.05 Å². The fraction of sp³-hybridized carbons (Fsp3) is 0.353. The zero-order valence-electron chi connectivity index (χ0n) is 14.3. The summed E-state index contributed by atoms with van der Waals surface area (Å²) in [7, 11) is 1.73. The number of nitrogens with one attached hydrogen (secondary N) is 1. The van der Waals surface area contributed by atoms with Crippen molar-refractivity contribution in [2.45, 2.75) is 25.5 Å². The van der Waals surface area contributed by atoms with E-state index in [1.807, 2.05) is 0 Å². The van der Waals surface area contributed by atoms with E-state index in [0.717, 1.165) is 5.56 Å².